The van der Waals surface area contributed by atoms with E-state index < -0.39 is 54.4 Å². The highest BCUT2D eigenvalue weighted by atomic mass is 16.6. The molecular formula is C53H69N9O11. The van der Waals surface area contributed by atoms with E-state index in [4.69, 9.17) is 15.3 Å². The van der Waals surface area contributed by atoms with Gasteiger partial charge in [0.05, 0.1) is 13.2 Å². The van der Waals surface area contributed by atoms with Gasteiger partial charge in [0.25, 0.3) is 5.91 Å². The van der Waals surface area contributed by atoms with Crippen LogP contribution in [0.3, 0.4) is 0 Å². The number of nitrogens with two attached hydrogens (primary N) is 1. The van der Waals surface area contributed by atoms with Gasteiger partial charge in [-0.2, -0.15) is 0 Å². The van der Waals surface area contributed by atoms with Gasteiger partial charge in [-0.3, -0.25) is 43.3 Å². The first-order valence-corrected chi connectivity index (χ1v) is 24.7. The van der Waals surface area contributed by atoms with Crippen LogP contribution in [0.2, 0.25) is 0 Å². The maximum absolute atomic E-state index is 13.6. The average molecular weight is 1010 g/mol. The largest absolute Gasteiger partial charge is 0.444 e. The molecule has 0 spiro atoms. The first-order chi connectivity index (χ1) is 35.1. The molecule has 0 aliphatic carbocycles. The molecule has 0 radical (unpaired) electrons. The summed E-state index contributed by atoms with van der Waals surface area (Å²) in [6.45, 7) is 7.43. The topological polar surface area (TPSA) is 284 Å². The Balaban J connectivity index is 1.03. The number of H-pyrrole nitrogens is 1. The maximum atomic E-state index is 13.6. The van der Waals surface area contributed by atoms with E-state index in [1.165, 1.54) is 17.0 Å². The fraction of sp³-hybridized carbons (Fsp3) is 0.434. The number of para-hydroxylation sites is 1. The third kappa shape index (κ3) is 18.9. The van der Waals surface area contributed by atoms with Crippen molar-refractivity contribution < 1.29 is 53.0 Å². The second-order valence-corrected chi connectivity index (χ2v) is 18.2. The van der Waals surface area contributed by atoms with Gasteiger partial charge >= 0.3 is 12.0 Å². The zero-order valence-electron chi connectivity index (χ0n) is 41.8. The first kappa shape index (κ1) is 56.5. The van der Waals surface area contributed by atoms with Gasteiger partial charge in [0, 0.05) is 80.2 Å². The van der Waals surface area contributed by atoms with Crippen molar-refractivity contribution in [3.05, 3.63) is 107 Å². The van der Waals surface area contributed by atoms with Crippen LogP contribution in [0, 0.1) is 12.8 Å². The predicted molar refractivity (Wildman–Crippen MR) is 273 cm³/mol. The number of nitrogens with one attached hydrogen (secondary N) is 6. The molecule has 1 aliphatic rings. The Morgan fingerprint density at radius 2 is 1.55 bits per heavy atom. The molecule has 2 heterocycles. The van der Waals surface area contributed by atoms with Gasteiger partial charge in [0.1, 0.15) is 12.1 Å². The van der Waals surface area contributed by atoms with Crippen molar-refractivity contribution in [2.75, 3.05) is 38.3 Å². The number of aliphatic hydroxyl groups excluding tert-OH is 1. The summed E-state index contributed by atoms with van der Waals surface area (Å²) in [4.78, 5) is 111. The summed E-state index contributed by atoms with van der Waals surface area (Å²) in [6.07, 6.45) is 5.99. The highest BCUT2D eigenvalue weighted by Crippen LogP contribution is 2.23. The molecule has 9 N–H and O–H groups in total. The van der Waals surface area contributed by atoms with Crippen molar-refractivity contribution in [3.8, 4) is 0 Å². The Labute approximate surface area is 425 Å². The van der Waals surface area contributed by atoms with Crippen LogP contribution >= 0.6 is 0 Å². The normalized spacial score (nSPS) is 13.4. The molecule has 1 aliphatic heterocycles. The molecule has 392 valence electrons. The summed E-state index contributed by atoms with van der Waals surface area (Å²) in [5, 5.41) is 21.7. The molecule has 20 nitrogen and oxygen atoms in total. The lowest BCUT2D eigenvalue weighted by molar-refractivity contribution is -0.155. The highest BCUT2D eigenvalue weighted by Gasteiger charge is 2.30. The number of aliphatic hydroxyl groups is 1. The summed E-state index contributed by atoms with van der Waals surface area (Å²) in [5.41, 5.74) is 14.2. The zero-order chi connectivity index (χ0) is 52.7. The van der Waals surface area contributed by atoms with Gasteiger partial charge in [0.15, 0.2) is 6.73 Å². The number of nitrogens with zero attached hydrogens (tertiary/aromatic N) is 2. The number of fused-ring (bicyclic) bond motifs is 1. The van der Waals surface area contributed by atoms with E-state index in [1.54, 1.807) is 44.2 Å². The van der Waals surface area contributed by atoms with Gasteiger partial charge in [0.2, 0.25) is 29.5 Å². The molecule has 0 saturated carbocycles. The maximum Gasteiger partial charge on any atom is 0.312 e. The molecule has 2 atom stereocenters. The molecule has 1 saturated heterocycles. The number of esters is 1. The molecular weight excluding hydrogens is 939 g/mol. The van der Waals surface area contributed by atoms with E-state index in [0.29, 0.717) is 50.0 Å². The summed E-state index contributed by atoms with van der Waals surface area (Å²) in [6, 6.07) is 20.0. The number of aryl methyl sites for hydroxylation is 1. The fourth-order valence-electron chi connectivity index (χ4n) is 8.18. The van der Waals surface area contributed by atoms with E-state index in [2.05, 4.69) is 55.7 Å². The molecule has 0 unspecified atom stereocenters. The molecule has 1 aromatic heterocycles. The minimum absolute atomic E-state index is 0.0300. The number of aromatic nitrogens is 1. The number of rotatable bonds is 30. The SMILES string of the molecule is Cc1[nH]c2ccccc2c1CCN(CCO)Cc1ccc(/C=C/C(=O)NOCc2ccc(NC(=O)[C@H](CCCNC(N)=O)NC(=O)[C@@H](NC(=O)CCCCCC(=O)OCN3C(=O)CCC3=O)C(C)C)cc2)cc1. The van der Waals surface area contributed by atoms with Crippen LogP contribution < -0.4 is 32.5 Å². The van der Waals surface area contributed by atoms with Gasteiger partial charge < -0.3 is 41.8 Å². The minimum Gasteiger partial charge on any atom is -0.444 e. The van der Waals surface area contributed by atoms with Crippen LogP contribution in [0.25, 0.3) is 17.0 Å². The number of urea groups is 1. The second-order valence-electron chi connectivity index (χ2n) is 18.2. The monoisotopic (exact) mass is 1010 g/mol. The minimum atomic E-state index is -1.05. The molecule has 0 bridgehead atoms. The van der Waals surface area contributed by atoms with Gasteiger partial charge in [-0.05, 0) is 91.5 Å². The molecule has 5 rings (SSSR count). The number of aromatic amines is 1. The van der Waals surface area contributed by atoms with Crippen LogP contribution in [-0.2, 0) is 62.7 Å². The summed E-state index contributed by atoms with van der Waals surface area (Å²) < 4.78 is 5.04. The van der Waals surface area contributed by atoms with Gasteiger partial charge in [-0.15, -0.1) is 0 Å². The Kier molecular flexibility index (Phi) is 22.6. The Bertz CT molecular complexity index is 2530. The molecule has 20 heteroatoms. The number of carbonyl (C=O) groups is 8. The first-order valence-electron chi connectivity index (χ1n) is 24.7. The standard InChI is InChI=1S/C53H69N9O11/c1-35(2)50(59-45(64)13-5-4-6-14-49(68)72-34-62-47(66)25-26-48(62)67)52(70)58-44(12-9-28-55-53(54)71)51(69)57-40-22-19-39(20-23-40)33-73-60-46(65)24-21-37-15-17-38(18-16-37)32-61(30-31-63)29-27-41-36(3)56-43-11-8-7-10-42(41)43/h7-8,10-11,15-24,35,44,50,56,63H,4-6,9,12-14,25-34H2,1-3H3,(H,57,69)(H,58,70)(H,59,64)(H,60,65)(H3,54,55,71)/b24-21+/t44-,50-/m0/s1. The summed E-state index contributed by atoms with van der Waals surface area (Å²) in [5.74, 6) is -3.63. The van der Waals surface area contributed by atoms with E-state index in [9.17, 15) is 43.5 Å². The average Bonchev–Trinajstić information content (AvgIpc) is 3.87. The van der Waals surface area contributed by atoms with Crippen molar-refractivity contribution in [1.82, 2.24) is 36.2 Å². The number of ether oxygens (including phenoxy) is 1. The summed E-state index contributed by atoms with van der Waals surface area (Å²) in [7, 11) is 0. The predicted octanol–water partition coefficient (Wildman–Crippen LogP) is 4.39. The summed E-state index contributed by atoms with van der Waals surface area (Å²) >= 11 is 0. The molecule has 73 heavy (non-hydrogen) atoms. The highest BCUT2D eigenvalue weighted by molar-refractivity contribution is 6.02. The van der Waals surface area contributed by atoms with Crippen LogP contribution in [0.15, 0.2) is 78.9 Å². The number of hydrogen-bond donors (Lipinski definition) is 8. The lowest BCUT2D eigenvalue weighted by Crippen LogP contribution is -2.54. The number of carbonyl (C=O) groups excluding carboxylic acids is 8. The lowest BCUT2D eigenvalue weighted by Gasteiger charge is -2.25. The van der Waals surface area contributed by atoms with Gasteiger partial charge in [-0.1, -0.05) is 74.9 Å². The van der Waals surface area contributed by atoms with Crippen molar-refractivity contribution >= 4 is 70.1 Å². The van der Waals surface area contributed by atoms with E-state index in [0.717, 1.165) is 40.2 Å². The van der Waals surface area contributed by atoms with Crippen molar-refractivity contribution in [3.63, 3.8) is 0 Å². The van der Waals surface area contributed by atoms with E-state index in [1.807, 2.05) is 36.4 Å². The van der Waals surface area contributed by atoms with Crippen molar-refractivity contribution in [2.45, 2.75) is 110 Å². The third-order valence-corrected chi connectivity index (χ3v) is 12.2. The van der Waals surface area contributed by atoms with Crippen LogP contribution in [0.5, 0.6) is 0 Å². The number of hydrogen-bond acceptors (Lipinski definition) is 12. The van der Waals surface area contributed by atoms with Crippen molar-refractivity contribution in [2.24, 2.45) is 11.7 Å². The number of hydroxylamine groups is 1. The number of primary amides is 1. The third-order valence-electron chi connectivity index (χ3n) is 12.2. The Hall–Kier alpha value is -7.42. The molecule has 8 amide bonds. The molecule has 1 fully saturated rings. The van der Waals surface area contributed by atoms with E-state index >= 15 is 0 Å². The number of anilines is 1. The smallest absolute Gasteiger partial charge is 0.312 e. The quantitative estimate of drug-likeness (QED) is 0.0119. The zero-order valence-corrected chi connectivity index (χ0v) is 41.8. The number of benzene rings is 3. The molecule has 4 aromatic rings. The number of amides is 8. The second kappa shape index (κ2) is 29.2. The van der Waals surface area contributed by atoms with Crippen molar-refractivity contribution in [1.29, 1.82) is 0 Å². The fourth-order valence-corrected chi connectivity index (χ4v) is 8.18. The van der Waals surface area contributed by atoms with Crippen LogP contribution in [0.1, 0.15) is 99.6 Å². The van der Waals surface area contributed by atoms with E-state index in [-0.39, 0.29) is 69.6 Å². The number of unbranched alkanes of at least 4 members (excludes halogenated alkanes) is 2. The van der Waals surface area contributed by atoms with Gasteiger partial charge in [-0.25, -0.2) is 15.2 Å². The lowest BCUT2D eigenvalue weighted by atomic mass is 10.0. The number of likely N-dealkylation sites (tertiary alicyclic amines) is 1. The molecule has 3 aromatic carbocycles. The Morgan fingerprint density at radius 3 is 2.25 bits per heavy atom. The van der Waals surface area contributed by atoms with Crippen LogP contribution in [0.4, 0.5) is 10.5 Å². The van der Waals surface area contributed by atoms with Crippen LogP contribution in [-0.4, -0.2) is 112 Å². The number of imide groups is 1. The Morgan fingerprint density at radius 1 is 0.849 bits per heavy atom.